The van der Waals surface area contributed by atoms with Crippen LogP contribution in [0.25, 0.3) is 0 Å². The minimum absolute atomic E-state index is 0.0197. The second kappa shape index (κ2) is 14.9. The third kappa shape index (κ3) is 10.7. The van der Waals surface area contributed by atoms with Gasteiger partial charge in [0.15, 0.2) is 5.17 Å². The lowest BCUT2D eigenvalue weighted by Gasteiger charge is -2.23. The molecule has 0 aromatic heterocycles. The molecule has 0 aliphatic rings. The van der Waals surface area contributed by atoms with Crippen LogP contribution >= 0.6 is 11.8 Å². The molecule has 0 unspecified atom stereocenters. The Kier molecular flexibility index (Phi) is 14.3. The Morgan fingerprint density at radius 2 is 1.73 bits per heavy atom. The van der Waals surface area contributed by atoms with Crippen molar-refractivity contribution in [3.63, 3.8) is 0 Å². The molecular weight excluding hydrogens is 294 g/mol. The highest BCUT2D eigenvalue weighted by atomic mass is 32.2. The highest BCUT2D eigenvalue weighted by Crippen LogP contribution is 2.06. The van der Waals surface area contributed by atoms with Gasteiger partial charge in [0.2, 0.25) is 0 Å². The van der Waals surface area contributed by atoms with Crippen molar-refractivity contribution < 1.29 is 4.79 Å². The summed E-state index contributed by atoms with van der Waals surface area (Å²) in [5, 5.41) is 3.70. The maximum absolute atomic E-state index is 12.5. The summed E-state index contributed by atoms with van der Waals surface area (Å²) in [4.78, 5) is 18.9. The molecule has 5 heteroatoms. The summed E-state index contributed by atoms with van der Waals surface area (Å²) >= 11 is 1.54. The number of unbranched alkanes of at least 4 members (excludes halogenated alkanes) is 3. The Morgan fingerprint density at radius 3 is 2.23 bits per heavy atom. The predicted molar refractivity (Wildman–Crippen MR) is 99.8 cm³/mol. The lowest BCUT2D eigenvalue weighted by Crippen LogP contribution is -2.43. The van der Waals surface area contributed by atoms with Gasteiger partial charge in [0, 0.05) is 25.4 Å². The zero-order valence-electron chi connectivity index (χ0n) is 14.6. The number of amides is 2. The van der Waals surface area contributed by atoms with E-state index in [4.69, 9.17) is 0 Å². The second-order valence-corrected chi connectivity index (χ2v) is 6.27. The number of nitrogens with zero attached hydrogens (tertiary/aromatic N) is 2. The minimum atomic E-state index is -0.0197. The summed E-state index contributed by atoms with van der Waals surface area (Å²) in [6.45, 7) is 12.6. The molecule has 0 bridgehead atoms. The molecule has 0 rings (SSSR count). The van der Waals surface area contributed by atoms with Gasteiger partial charge in [0.1, 0.15) is 0 Å². The lowest BCUT2D eigenvalue weighted by atomic mass is 10.3. The average molecular weight is 328 g/mol. The number of amidine groups is 1. The summed E-state index contributed by atoms with van der Waals surface area (Å²) in [5.74, 6) is 0.759. The summed E-state index contributed by atoms with van der Waals surface area (Å²) in [6.07, 6.45) is 8.26. The van der Waals surface area contributed by atoms with Gasteiger partial charge in [-0.2, -0.15) is 0 Å². The molecule has 0 saturated carbocycles. The van der Waals surface area contributed by atoms with Crippen molar-refractivity contribution in [1.29, 1.82) is 0 Å². The summed E-state index contributed by atoms with van der Waals surface area (Å²) in [6, 6.07) is -0.0197. The van der Waals surface area contributed by atoms with Crippen LogP contribution in [0.15, 0.2) is 17.6 Å². The molecular formula is C17H33N3OS. The van der Waals surface area contributed by atoms with Gasteiger partial charge in [-0.25, -0.2) is 4.79 Å². The van der Waals surface area contributed by atoms with E-state index in [-0.39, 0.29) is 6.03 Å². The number of nitrogens with one attached hydrogen (secondary N) is 1. The molecule has 0 heterocycles. The zero-order valence-corrected chi connectivity index (χ0v) is 15.4. The monoisotopic (exact) mass is 327 g/mol. The molecule has 0 aliphatic carbocycles. The van der Waals surface area contributed by atoms with E-state index in [2.05, 4.69) is 37.7 Å². The first-order valence-corrected chi connectivity index (χ1v) is 9.52. The van der Waals surface area contributed by atoms with Crippen molar-refractivity contribution in [3.8, 4) is 0 Å². The van der Waals surface area contributed by atoms with Gasteiger partial charge in [-0.1, -0.05) is 57.9 Å². The highest BCUT2D eigenvalue weighted by Gasteiger charge is 2.14. The molecule has 0 atom stereocenters. The number of carbonyl (C=O) groups is 1. The Balaban J connectivity index is 4.61. The SMILES string of the molecule is C=CCSC(=NCCCC)NC(=O)N(CCCC)CCCC. The van der Waals surface area contributed by atoms with Crippen LogP contribution in [0.4, 0.5) is 4.79 Å². The van der Waals surface area contributed by atoms with E-state index in [0.717, 1.165) is 69.1 Å². The second-order valence-electron chi connectivity index (χ2n) is 5.26. The Morgan fingerprint density at radius 1 is 1.14 bits per heavy atom. The van der Waals surface area contributed by atoms with E-state index in [9.17, 15) is 4.79 Å². The van der Waals surface area contributed by atoms with E-state index in [1.54, 1.807) is 0 Å². The largest absolute Gasteiger partial charge is 0.324 e. The molecule has 0 saturated heterocycles. The number of urea groups is 1. The van der Waals surface area contributed by atoms with E-state index >= 15 is 0 Å². The van der Waals surface area contributed by atoms with Crippen molar-refractivity contribution in [3.05, 3.63) is 12.7 Å². The standard InChI is InChI=1S/C17H33N3OS/c1-5-9-12-18-16(22-15-8-4)19-17(21)20(13-10-6-2)14-11-7-3/h8H,4-7,9-15H2,1-3H3,(H,18,19,21). The van der Waals surface area contributed by atoms with Gasteiger partial charge in [-0.05, 0) is 19.3 Å². The molecule has 0 aromatic carbocycles. The van der Waals surface area contributed by atoms with Crippen LogP contribution in [-0.4, -0.2) is 41.5 Å². The molecule has 0 spiro atoms. The molecule has 22 heavy (non-hydrogen) atoms. The van der Waals surface area contributed by atoms with Crippen molar-refractivity contribution in [2.24, 2.45) is 4.99 Å². The van der Waals surface area contributed by atoms with E-state index in [1.165, 1.54) is 11.8 Å². The fraction of sp³-hybridized carbons (Fsp3) is 0.765. The van der Waals surface area contributed by atoms with Gasteiger partial charge in [-0.3, -0.25) is 10.3 Å². The molecule has 2 amide bonds. The molecule has 128 valence electrons. The van der Waals surface area contributed by atoms with Crippen molar-refractivity contribution in [2.75, 3.05) is 25.4 Å². The van der Waals surface area contributed by atoms with Crippen LogP contribution in [0, 0.1) is 0 Å². The van der Waals surface area contributed by atoms with Gasteiger partial charge in [0.25, 0.3) is 0 Å². The van der Waals surface area contributed by atoms with Gasteiger partial charge >= 0.3 is 6.03 Å². The topological polar surface area (TPSA) is 44.7 Å². The minimum Gasteiger partial charge on any atom is -0.324 e. The van der Waals surface area contributed by atoms with E-state index < -0.39 is 0 Å². The van der Waals surface area contributed by atoms with E-state index in [1.807, 2.05) is 11.0 Å². The first-order valence-electron chi connectivity index (χ1n) is 8.53. The van der Waals surface area contributed by atoms with Crippen LogP contribution in [0.5, 0.6) is 0 Å². The maximum atomic E-state index is 12.5. The first kappa shape index (κ1) is 21.0. The Hall–Kier alpha value is -0.970. The molecule has 0 aliphatic heterocycles. The Labute approximate surface area is 140 Å². The highest BCUT2D eigenvalue weighted by molar-refractivity contribution is 8.14. The average Bonchev–Trinajstić information content (AvgIpc) is 2.52. The molecule has 0 fully saturated rings. The number of hydrogen-bond donors (Lipinski definition) is 1. The number of carbonyl (C=O) groups excluding carboxylic acids is 1. The third-order valence-electron chi connectivity index (χ3n) is 3.17. The van der Waals surface area contributed by atoms with Crippen molar-refractivity contribution in [1.82, 2.24) is 10.2 Å². The molecule has 0 radical (unpaired) electrons. The van der Waals surface area contributed by atoms with E-state index in [0.29, 0.717) is 0 Å². The number of rotatable bonds is 11. The fourth-order valence-electron chi connectivity index (χ4n) is 1.78. The molecule has 1 N–H and O–H groups in total. The Bertz CT molecular complexity index is 324. The maximum Gasteiger partial charge on any atom is 0.323 e. The van der Waals surface area contributed by atoms with Crippen LogP contribution in [0.2, 0.25) is 0 Å². The van der Waals surface area contributed by atoms with Crippen molar-refractivity contribution >= 4 is 23.0 Å². The van der Waals surface area contributed by atoms with Gasteiger partial charge in [0.05, 0.1) is 0 Å². The predicted octanol–water partition coefficient (Wildman–Crippen LogP) is 4.67. The van der Waals surface area contributed by atoms with Crippen LogP contribution < -0.4 is 5.32 Å². The summed E-state index contributed by atoms with van der Waals surface area (Å²) in [7, 11) is 0. The molecule has 0 aromatic rings. The van der Waals surface area contributed by atoms with Crippen LogP contribution in [-0.2, 0) is 0 Å². The quantitative estimate of drug-likeness (QED) is 0.259. The summed E-state index contributed by atoms with van der Waals surface area (Å²) < 4.78 is 0. The van der Waals surface area contributed by atoms with Gasteiger partial charge < -0.3 is 4.90 Å². The normalized spacial score (nSPS) is 11.3. The van der Waals surface area contributed by atoms with Crippen molar-refractivity contribution in [2.45, 2.75) is 59.3 Å². The first-order chi connectivity index (χ1) is 10.7. The molecule has 4 nitrogen and oxygen atoms in total. The van der Waals surface area contributed by atoms with Gasteiger partial charge in [-0.15, -0.1) is 6.58 Å². The lowest BCUT2D eigenvalue weighted by molar-refractivity contribution is 0.201. The number of aliphatic imine (C=N–C) groups is 1. The number of thioether (sulfide) groups is 1. The zero-order chi connectivity index (χ0) is 16.6. The smallest absolute Gasteiger partial charge is 0.323 e. The number of hydrogen-bond acceptors (Lipinski definition) is 3. The third-order valence-corrected chi connectivity index (χ3v) is 4.08. The fourth-order valence-corrected chi connectivity index (χ4v) is 2.40. The van der Waals surface area contributed by atoms with Crippen LogP contribution in [0.3, 0.4) is 0 Å². The summed E-state index contributed by atoms with van der Waals surface area (Å²) in [5.41, 5.74) is 0. The van der Waals surface area contributed by atoms with Crippen LogP contribution in [0.1, 0.15) is 59.3 Å².